The summed E-state index contributed by atoms with van der Waals surface area (Å²) in [5, 5.41) is 15.0. The lowest BCUT2D eigenvalue weighted by molar-refractivity contribution is -0.113. The van der Waals surface area contributed by atoms with Crippen LogP contribution in [-0.4, -0.2) is 27.6 Å². The average molecular weight is 539 g/mol. The molecule has 0 bridgehead atoms. The quantitative estimate of drug-likeness (QED) is 0.146. The molecule has 188 valence electrons. The minimum absolute atomic E-state index is 0.133. The van der Waals surface area contributed by atoms with Crippen LogP contribution in [0.2, 0.25) is 0 Å². The fourth-order valence-corrected chi connectivity index (χ4v) is 5.09. The van der Waals surface area contributed by atoms with Crippen molar-refractivity contribution in [3.8, 4) is 11.5 Å². The molecule has 0 aliphatic rings. The first-order chi connectivity index (χ1) is 18.6. The van der Waals surface area contributed by atoms with Gasteiger partial charge < -0.3 is 15.4 Å². The molecule has 0 atom stereocenters. The van der Waals surface area contributed by atoms with Crippen LogP contribution in [0.4, 0.5) is 16.5 Å². The molecule has 1 heterocycles. The zero-order valence-corrected chi connectivity index (χ0v) is 21.7. The van der Waals surface area contributed by atoms with Crippen molar-refractivity contribution < 1.29 is 14.3 Å². The smallest absolute Gasteiger partial charge is 0.234 e. The predicted molar refractivity (Wildman–Crippen MR) is 152 cm³/mol. The molecule has 0 aliphatic heterocycles. The molecule has 5 aromatic rings. The van der Waals surface area contributed by atoms with E-state index in [2.05, 4.69) is 20.8 Å². The van der Waals surface area contributed by atoms with Crippen molar-refractivity contribution in [3.05, 3.63) is 120 Å². The first-order valence-corrected chi connectivity index (χ1v) is 13.5. The Bertz CT molecular complexity index is 1520. The van der Waals surface area contributed by atoms with Crippen molar-refractivity contribution in [1.29, 1.82) is 0 Å². The Labute approximate surface area is 227 Å². The number of ether oxygens (including phenoxy) is 1. The second-order valence-electron chi connectivity index (χ2n) is 8.02. The van der Waals surface area contributed by atoms with Crippen LogP contribution in [0.5, 0.6) is 11.5 Å². The van der Waals surface area contributed by atoms with Crippen LogP contribution in [0.1, 0.15) is 15.9 Å². The van der Waals surface area contributed by atoms with Crippen molar-refractivity contribution in [1.82, 2.24) is 10.2 Å². The van der Waals surface area contributed by atoms with Gasteiger partial charge in [0.15, 0.2) is 10.1 Å². The van der Waals surface area contributed by atoms with E-state index in [1.54, 1.807) is 36.4 Å². The minimum atomic E-state index is -0.234. The highest BCUT2D eigenvalue weighted by Crippen LogP contribution is 2.29. The third-order valence-electron chi connectivity index (χ3n) is 5.30. The van der Waals surface area contributed by atoms with Crippen molar-refractivity contribution >= 4 is 51.3 Å². The number of hydrogen-bond donors (Lipinski definition) is 2. The fraction of sp³-hybridized carbons (Fsp3) is 0.0345. The van der Waals surface area contributed by atoms with Gasteiger partial charge in [-0.1, -0.05) is 83.8 Å². The third-order valence-corrected chi connectivity index (χ3v) is 7.27. The first-order valence-electron chi connectivity index (χ1n) is 11.7. The van der Waals surface area contributed by atoms with E-state index in [4.69, 9.17) is 4.74 Å². The number of benzene rings is 4. The zero-order valence-electron chi connectivity index (χ0n) is 20.0. The molecule has 2 N–H and O–H groups in total. The maximum atomic E-state index is 12.9. The van der Waals surface area contributed by atoms with Gasteiger partial charge in [-0.15, -0.1) is 10.2 Å². The summed E-state index contributed by atoms with van der Waals surface area (Å²) in [5.41, 5.74) is 2.33. The van der Waals surface area contributed by atoms with Crippen LogP contribution in [0.15, 0.2) is 114 Å². The highest BCUT2D eigenvalue weighted by molar-refractivity contribution is 8.01. The van der Waals surface area contributed by atoms with Gasteiger partial charge in [-0.25, -0.2) is 0 Å². The number of hydrogen-bond acceptors (Lipinski definition) is 8. The Morgan fingerprint density at radius 1 is 0.763 bits per heavy atom. The predicted octanol–water partition coefficient (Wildman–Crippen LogP) is 7.04. The maximum Gasteiger partial charge on any atom is 0.234 e. The van der Waals surface area contributed by atoms with Gasteiger partial charge in [0.25, 0.3) is 0 Å². The number of para-hydroxylation sites is 2. The Morgan fingerprint density at radius 3 is 2.18 bits per heavy atom. The summed E-state index contributed by atoms with van der Waals surface area (Å²) < 4.78 is 6.47. The normalized spacial score (nSPS) is 10.5. The lowest BCUT2D eigenvalue weighted by Crippen LogP contribution is -2.16. The van der Waals surface area contributed by atoms with Gasteiger partial charge in [-0.2, -0.15) is 0 Å². The van der Waals surface area contributed by atoms with Gasteiger partial charge in [0.2, 0.25) is 11.0 Å². The number of anilines is 3. The van der Waals surface area contributed by atoms with Crippen molar-refractivity contribution in [2.75, 3.05) is 16.4 Å². The lowest BCUT2D eigenvalue weighted by Gasteiger charge is -2.10. The molecular formula is C29H22N4O3S2. The Kier molecular flexibility index (Phi) is 8.07. The molecule has 0 spiro atoms. The Hall–Kier alpha value is -4.47. The summed E-state index contributed by atoms with van der Waals surface area (Å²) in [5.74, 6) is 1.26. The number of rotatable bonds is 10. The second-order valence-corrected chi connectivity index (χ2v) is 10.2. The average Bonchev–Trinajstić information content (AvgIpc) is 3.41. The van der Waals surface area contributed by atoms with Crippen LogP contribution in [0.3, 0.4) is 0 Å². The SMILES string of the molecule is O=C(CSc1nnc(Nc2ccc(Oc3ccccc3)cc2)s1)Nc1ccccc1C(=O)c1ccccc1. The number of nitrogens with one attached hydrogen (secondary N) is 2. The number of ketones is 1. The molecule has 0 radical (unpaired) electrons. The molecule has 9 heteroatoms. The summed E-state index contributed by atoms with van der Waals surface area (Å²) in [4.78, 5) is 25.5. The maximum absolute atomic E-state index is 12.9. The number of nitrogens with zero attached hydrogens (tertiary/aromatic N) is 2. The van der Waals surface area contributed by atoms with Gasteiger partial charge in [0, 0.05) is 16.8 Å². The summed E-state index contributed by atoms with van der Waals surface area (Å²) >= 11 is 2.63. The van der Waals surface area contributed by atoms with Gasteiger partial charge in [-0.05, 0) is 48.5 Å². The van der Waals surface area contributed by atoms with Crippen molar-refractivity contribution in [2.24, 2.45) is 0 Å². The molecule has 1 amide bonds. The highest BCUT2D eigenvalue weighted by atomic mass is 32.2. The van der Waals surface area contributed by atoms with Gasteiger partial charge in [0.05, 0.1) is 11.4 Å². The van der Waals surface area contributed by atoms with Crippen LogP contribution in [-0.2, 0) is 4.79 Å². The number of aromatic nitrogens is 2. The molecule has 0 aliphatic carbocycles. The molecule has 5 rings (SSSR count). The molecule has 0 saturated carbocycles. The number of carbonyl (C=O) groups is 2. The largest absolute Gasteiger partial charge is 0.457 e. The first kappa shape index (κ1) is 25.2. The number of amides is 1. The minimum Gasteiger partial charge on any atom is -0.457 e. The van der Waals surface area contributed by atoms with E-state index in [-0.39, 0.29) is 17.4 Å². The molecule has 1 aromatic heterocycles. The summed E-state index contributed by atoms with van der Waals surface area (Å²) in [6.45, 7) is 0. The lowest BCUT2D eigenvalue weighted by atomic mass is 10.0. The topological polar surface area (TPSA) is 93.2 Å². The summed E-state index contributed by atoms with van der Waals surface area (Å²) in [6.07, 6.45) is 0. The van der Waals surface area contributed by atoms with E-state index in [0.29, 0.717) is 26.3 Å². The molecule has 7 nitrogen and oxygen atoms in total. The van der Waals surface area contributed by atoms with Crippen LogP contribution >= 0.6 is 23.1 Å². The van der Waals surface area contributed by atoms with E-state index in [1.807, 2.05) is 72.8 Å². The summed E-state index contributed by atoms with van der Waals surface area (Å²) in [7, 11) is 0. The van der Waals surface area contributed by atoms with Crippen molar-refractivity contribution in [3.63, 3.8) is 0 Å². The zero-order chi connectivity index (χ0) is 26.2. The molecule has 0 saturated heterocycles. The van der Waals surface area contributed by atoms with Gasteiger partial charge in [-0.3, -0.25) is 9.59 Å². The van der Waals surface area contributed by atoms with Gasteiger partial charge in [0.1, 0.15) is 11.5 Å². The Morgan fingerprint density at radius 2 is 1.42 bits per heavy atom. The second kappa shape index (κ2) is 12.2. The van der Waals surface area contributed by atoms with E-state index in [1.165, 1.54) is 23.1 Å². The standard InChI is InChI=1S/C29H22N4O3S2/c34-26(31-25-14-8-7-13-24(25)27(35)20-9-3-1-4-10-20)19-37-29-33-32-28(38-29)30-21-15-17-23(18-16-21)36-22-11-5-2-6-12-22/h1-18H,19H2,(H,30,32)(H,31,34). The van der Waals surface area contributed by atoms with Crippen molar-refractivity contribution in [2.45, 2.75) is 4.34 Å². The fourth-order valence-electron chi connectivity index (χ4n) is 3.52. The molecule has 4 aromatic carbocycles. The number of thioether (sulfide) groups is 1. The molecular weight excluding hydrogens is 516 g/mol. The number of carbonyl (C=O) groups excluding carboxylic acids is 2. The van der Waals surface area contributed by atoms with Crippen LogP contribution in [0, 0.1) is 0 Å². The third kappa shape index (κ3) is 6.64. The highest BCUT2D eigenvalue weighted by Gasteiger charge is 2.15. The molecule has 0 unspecified atom stereocenters. The van der Waals surface area contributed by atoms with E-state index in [0.717, 1.165) is 17.2 Å². The summed E-state index contributed by atoms with van der Waals surface area (Å²) in [6, 6.07) is 33.1. The van der Waals surface area contributed by atoms with Crippen LogP contribution < -0.4 is 15.4 Å². The molecule has 0 fully saturated rings. The van der Waals surface area contributed by atoms with Gasteiger partial charge >= 0.3 is 0 Å². The Balaban J connectivity index is 1.14. The molecule has 38 heavy (non-hydrogen) atoms. The van der Waals surface area contributed by atoms with Crippen LogP contribution in [0.25, 0.3) is 0 Å². The monoisotopic (exact) mass is 538 g/mol. The van der Waals surface area contributed by atoms with E-state index in [9.17, 15) is 9.59 Å². The van der Waals surface area contributed by atoms with E-state index < -0.39 is 0 Å². The van der Waals surface area contributed by atoms with E-state index >= 15 is 0 Å².